The summed E-state index contributed by atoms with van der Waals surface area (Å²) in [4.78, 5) is 23.4. The Labute approximate surface area is 149 Å². The molecule has 1 atom stereocenters. The Balaban J connectivity index is 1.98. The van der Waals surface area contributed by atoms with Gasteiger partial charge in [-0.05, 0) is 37.5 Å². The molecule has 0 aliphatic heterocycles. The highest BCUT2D eigenvalue weighted by atomic mass is 79.9. The van der Waals surface area contributed by atoms with Crippen molar-refractivity contribution in [3.8, 4) is 0 Å². The zero-order valence-corrected chi connectivity index (χ0v) is 15.2. The minimum Gasteiger partial charge on any atom is -0.478 e. The second-order valence-corrected chi connectivity index (χ2v) is 6.46. The van der Waals surface area contributed by atoms with E-state index in [1.165, 1.54) is 6.07 Å². The van der Waals surface area contributed by atoms with E-state index in [4.69, 9.17) is 9.52 Å². The Kier molecular flexibility index (Phi) is 6.20. The van der Waals surface area contributed by atoms with Gasteiger partial charge < -0.3 is 14.8 Å². The zero-order valence-electron chi connectivity index (χ0n) is 13.6. The van der Waals surface area contributed by atoms with Crippen LogP contribution in [0.2, 0.25) is 0 Å². The summed E-state index contributed by atoms with van der Waals surface area (Å²) in [6.07, 6.45) is 1.35. The van der Waals surface area contributed by atoms with Crippen LogP contribution in [-0.4, -0.2) is 17.0 Å². The average Bonchev–Trinajstić information content (AvgIpc) is 2.93. The predicted molar refractivity (Wildman–Crippen MR) is 93.9 cm³/mol. The molecule has 0 aliphatic carbocycles. The summed E-state index contributed by atoms with van der Waals surface area (Å²) >= 11 is 3.50. The summed E-state index contributed by atoms with van der Waals surface area (Å²) in [5.41, 5.74) is 1.21. The molecular weight excluding hydrogens is 374 g/mol. The summed E-state index contributed by atoms with van der Waals surface area (Å²) < 4.78 is 6.36. The fraction of sp³-hybridized carbons (Fsp3) is 0.333. The molecule has 1 heterocycles. The third-order valence-electron chi connectivity index (χ3n) is 3.92. The minimum atomic E-state index is -1.03. The molecule has 1 unspecified atom stereocenters. The number of hydrogen-bond donors (Lipinski definition) is 2. The van der Waals surface area contributed by atoms with E-state index in [9.17, 15) is 9.59 Å². The van der Waals surface area contributed by atoms with Crippen molar-refractivity contribution >= 4 is 27.8 Å². The number of hydrogen-bond acceptors (Lipinski definition) is 3. The third kappa shape index (κ3) is 4.47. The lowest BCUT2D eigenvalue weighted by molar-refractivity contribution is -0.125. The molecule has 0 radical (unpaired) electrons. The summed E-state index contributed by atoms with van der Waals surface area (Å²) in [5.74, 6) is -0.479. The van der Waals surface area contributed by atoms with Crippen LogP contribution in [0.15, 0.2) is 39.2 Å². The Morgan fingerprint density at radius 3 is 2.62 bits per heavy atom. The van der Waals surface area contributed by atoms with Crippen LogP contribution >= 0.6 is 15.9 Å². The van der Waals surface area contributed by atoms with Crippen molar-refractivity contribution in [2.75, 3.05) is 0 Å². The Bertz CT molecular complexity index is 738. The van der Waals surface area contributed by atoms with E-state index in [0.717, 1.165) is 10.0 Å². The van der Waals surface area contributed by atoms with Crippen molar-refractivity contribution in [2.24, 2.45) is 5.92 Å². The molecule has 24 heavy (non-hydrogen) atoms. The molecule has 1 amide bonds. The summed E-state index contributed by atoms with van der Waals surface area (Å²) in [7, 11) is 0. The fourth-order valence-corrected chi connectivity index (χ4v) is 2.96. The molecule has 0 saturated carbocycles. The molecule has 2 aromatic rings. The number of carbonyl (C=O) groups is 2. The summed E-state index contributed by atoms with van der Waals surface area (Å²) in [5, 5.41) is 11.8. The molecule has 128 valence electrons. The molecular formula is C18H20BrNO4. The van der Waals surface area contributed by atoms with Gasteiger partial charge in [0.15, 0.2) is 0 Å². The van der Waals surface area contributed by atoms with E-state index in [0.29, 0.717) is 24.4 Å². The predicted octanol–water partition coefficient (Wildman–Crippen LogP) is 3.93. The van der Waals surface area contributed by atoms with Crippen LogP contribution in [0.25, 0.3) is 0 Å². The highest BCUT2D eigenvalue weighted by molar-refractivity contribution is 9.10. The maximum absolute atomic E-state index is 12.4. The van der Waals surface area contributed by atoms with Crippen molar-refractivity contribution < 1.29 is 19.1 Å². The van der Waals surface area contributed by atoms with Gasteiger partial charge in [0.1, 0.15) is 17.1 Å². The summed E-state index contributed by atoms with van der Waals surface area (Å²) in [6, 6.07) is 9.29. The van der Waals surface area contributed by atoms with E-state index in [1.807, 2.05) is 31.2 Å². The Morgan fingerprint density at radius 2 is 2.04 bits per heavy atom. The Morgan fingerprint density at radius 1 is 1.33 bits per heavy atom. The lowest BCUT2D eigenvalue weighted by Gasteiger charge is -2.15. The number of benzene rings is 1. The largest absolute Gasteiger partial charge is 0.478 e. The topological polar surface area (TPSA) is 79.5 Å². The monoisotopic (exact) mass is 393 g/mol. The molecule has 0 bridgehead atoms. The summed E-state index contributed by atoms with van der Waals surface area (Å²) in [6.45, 7) is 3.75. The molecule has 0 fully saturated rings. The van der Waals surface area contributed by atoms with Gasteiger partial charge in [0, 0.05) is 10.4 Å². The third-order valence-corrected chi connectivity index (χ3v) is 4.70. The number of carboxylic acids is 1. The van der Waals surface area contributed by atoms with Crippen LogP contribution in [0.4, 0.5) is 0 Å². The first kappa shape index (κ1) is 18.3. The van der Waals surface area contributed by atoms with Gasteiger partial charge in [-0.1, -0.05) is 41.1 Å². The fourth-order valence-electron chi connectivity index (χ4n) is 2.51. The first-order chi connectivity index (χ1) is 11.4. The number of rotatable bonds is 7. The lowest BCUT2D eigenvalue weighted by Crippen LogP contribution is -2.31. The van der Waals surface area contributed by atoms with E-state index in [1.54, 1.807) is 6.92 Å². The molecule has 2 rings (SSSR count). The molecule has 5 nitrogen and oxygen atoms in total. The highest BCUT2D eigenvalue weighted by Gasteiger charge is 2.19. The number of carboxylic acid groups (broad SMARTS) is 1. The quantitative estimate of drug-likeness (QED) is 0.746. The second-order valence-electron chi connectivity index (χ2n) is 5.61. The van der Waals surface area contributed by atoms with Crippen LogP contribution < -0.4 is 5.32 Å². The first-order valence-electron chi connectivity index (χ1n) is 7.76. The first-order valence-corrected chi connectivity index (χ1v) is 8.55. The standard InChI is InChI=1S/C18H20BrNO4/c1-3-12(8-13-6-4-5-7-16(13)19)17(21)20-10-14-9-15(18(22)23)11(2)24-14/h4-7,9,12H,3,8,10H2,1-2H3,(H,20,21)(H,22,23). The SMILES string of the molecule is CCC(Cc1ccccc1Br)C(=O)NCc1cc(C(=O)O)c(C)o1. The molecule has 0 aliphatic rings. The lowest BCUT2D eigenvalue weighted by atomic mass is 9.96. The molecule has 2 N–H and O–H groups in total. The minimum absolute atomic E-state index is 0.0702. The average molecular weight is 394 g/mol. The normalized spacial score (nSPS) is 12.0. The molecule has 0 spiro atoms. The van der Waals surface area contributed by atoms with E-state index >= 15 is 0 Å². The number of carbonyl (C=O) groups excluding carboxylic acids is 1. The van der Waals surface area contributed by atoms with Gasteiger partial charge in [0.2, 0.25) is 5.91 Å². The van der Waals surface area contributed by atoms with Crippen molar-refractivity contribution in [1.29, 1.82) is 0 Å². The van der Waals surface area contributed by atoms with Crippen molar-refractivity contribution in [3.05, 3.63) is 57.5 Å². The smallest absolute Gasteiger partial charge is 0.339 e. The second kappa shape index (κ2) is 8.15. The zero-order chi connectivity index (χ0) is 17.7. The van der Waals surface area contributed by atoms with Gasteiger partial charge in [0.05, 0.1) is 6.54 Å². The number of halogens is 1. The van der Waals surface area contributed by atoms with Gasteiger partial charge in [-0.25, -0.2) is 4.79 Å². The van der Waals surface area contributed by atoms with Crippen LogP contribution in [0.3, 0.4) is 0 Å². The number of amides is 1. The van der Waals surface area contributed by atoms with Gasteiger partial charge in [0.25, 0.3) is 0 Å². The molecule has 0 saturated heterocycles. The van der Waals surface area contributed by atoms with Crippen molar-refractivity contribution in [2.45, 2.75) is 33.2 Å². The van der Waals surface area contributed by atoms with E-state index in [-0.39, 0.29) is 23.9 Å². The maximum atomic E-state index is 12.4. The van der Waals surface area contributed by atoms with Gasteiger partial charge >= 0.3 is 5.97 Å². The highest BCUT2D eigenvalue weighted by Crippen LogP contribution is 2.21. The van der Waals surface area contributed by atoms with Gasteiger partial charge in [-0.3, -0.25) is 4.79 Å². The Hall–Kier alpha value is -2.08. The van der Waals surface area contributed by atoms with Gasteiger partial charge in [-0.2, -0.15) is 0 Å². The van der Waals surface area contributed by atoms with Crippen LogP contribution in [0.5, 0.6) is 0 Å². The van der Waals surface area contributed by atoms with Crippen molar-refractivity contribution in [1.82, 2.24) is 5.32 Å². The molecule has 1 aromatic heterocycles. The van der Waals surface area contributed by atoms with Gasteiger partial charge in [-0.15, -0.1) is 0 Å². The number of aromatic carboxylic acids is 1. The maximum Gasteiger partial charge on any atom is 0.339 e. The molecule has 6 heteroatoms. The van der Waals surface area contributed by atoms with Crippen LogP contribution in [0, 0.1) is 12.8 Å². The number of aryl methyl sites for hydroxylation is 1. The van der Waals surface area contributed by atoms with Crippen molar-refractivity contribution in [3.63, 3.8) is 0 Å². The van der Waals surface area contributed by atoms with E-state index < -0.39 is 5.97 Å². The number of nitrogens with one attached hydrogen (secondary N) is 1. The van der Waals surface area contributed by atoms with E-state index in [2.05, 4.69) is 21.2 Å². The number of furan rings is 1. The molecule has 1 aromatic carbocycles. The van der Waals surface area contributed by atoms with Crippen LogP contribution in [-0.2, 0) is 17.8 Å². The van der Waals surface area contributed by atoms with Crippen LogP contribution in [0.1, 0.15) is 40.8 Å².